The van der Waals surface area contributed by atoms with Crippen LogP contribution in [0.3, 0.4) is 0 Å². The van der Waals surface area contributed by atoms with Crippen LogP contribution in [0, 0.1) is 13.5 Å². The molecule has 1 aromatic rings. The molecule has 1 heterocycles. The van der Waals surface area contributed by atoms with Crippen LogP contribution in [0.4, 0.5) is 11.4 Å². The van der Waals surface area contributed by atoms with Gasteiger partial charge < -0.3 is 10.0 Å². The Hall–Kier alpha value is -1.57. The zero-order valence-electron chi connectivity index (χ0n) is 10.9. The molecule has 0 saturated carbocycles. The first kappa shape index (κ1) is 13.9. The molecule has 19 heavy (non-hydrogen) atoms. The molecule has 0 bridgehead atoms. The van der Waals surface area contributed by atoms with E-state index in [4.69, 9.17) is 18.2 Å². The lowest BCUT2D eigenvalue weighted by molar-refractivity contribution is -0.117. The zero-order chi connectivity index (χ0) is 14.2. The molecule has 0 aromatic heterocycles. The molecule has 2 rings (SSSR count). The summed E-state index contributed by atoms with van der Waals surface area (Å²) in [6.07, 6.45) is 0.472. The van der Waals surface area contributed by atoms with Gasteiger partial charge in [-0.2, -0.15) is 0 Å². The number of aliphatic hydroxyl groups excluding tert-OH is 1. The number of aliphatic hydroxyl groups is 1. The lowest BCUT2D eigenvalue weighted by Gasteiger charge is -2.28. The second kappa shape index (κ2) is 5.20. The number of benzene rings is 1. The fourth-order valence-electron chi connectivity index (χ4n) is 2.48. The minimum atomic E-state index is -0.592. The van der Waals surface area contributed by atoms with Crippen molar-refractivity contribution < 1.29 is 9.90 Å². The van der Waals surface area contributed by atoms with Gasteiger partial charge in [-0.3, -0.25) is 4.79 Å². The monoisotopic (exact) mass is 278 g/mol. The first-order valence-electron chi connectivity index (χ1n) is 6.14. The SMILES string of the molecule is [C-]#[N+]c1ccc(N2C(=O)CC[C@@H]2[C@H](C)O)c(C)c1Cl. The fourth-order valence-corrected chi connectivity index (χ4v) is 2.69. The highest BCUT2D eigenvalue weighted by Gasteiger charge is 2.36. The molecule has 1 saturated heterocycles. The molecule has 4 nitrogen and oxygen atoms in total. The Morgan fingerprint density at radius 2 is 2.26 bits per heavy atom. The number of carbonyl (C=O) groups is 1. The topological polar surface area (TPSA) is 44.9 Å². The molecule has 1 aromatic carbocycles. The molecular formula is C14H15ClN2O2. The summed E-state index contributed by atoms with van der Waals surface area (Å²) in [6, 6.07) is 3.12. The van der Waals surface area contributed by atoms with Crippen LogP contribution in [0.5, 0.6) is 0 Å². The van der Waals surface area contributed by atoms with E-state index in [9.17, 15) is 9.90 Å². The third-order valence-electron chi connectivity index (χ3n) is 3.53. The number of carbonyl (C=O) groups excluding carboxylic acids is 1. The van der Waals surface area contributed by atoms with E-state index in [1.54, 1.807) is 30.9 Å². The molecule has 0 radical (unpaired) electrons. The number of amides is 1. The van der Waals surface area contributed by atoms with Crippen molar-refractivity contribution in [1.82, 2.24) is 0 Å². The quantitative estimate of drug-likeness (QED) is 0.845. The molecule has 1 N–H and O–H groups in total. The second-order valence-corrected chi connectivity index (χ2v) is 5.14. The highest BCUT2D eigenvalue weighted by Crippen LogP contribution is 2.38. The Kier molecular flexibility index (Phi) is 3.79. The molecule has 100 valence electrons. The van der Waals surface area contributed by atoms with Crippen molar-refractivity contribution in [2.45, 2.75) is 38.8 Å². The summed E-state index contributed by atoms with van der Waals surface area (Å²) in [4.78, 5) is 17.0. The number of hydrogen-bond acceptors (Lipinski definition) is 2. The van der Waals surface area contributed by atoms with Crippen molar-refractivity contribution in [3.05, 3.63) is 34.1 Å². The van der Waals surface area contributed by atoms with Crippen LogP contribution in [0.1, 0.15) is 25.3 Å². The minimum absolute atomic E-state index is 0.0133. The lowest BCUT2D eigenvalue weighted by atomic mass is 10.1. The van der Waals surface area contributed by atoms with E-state index in [0.717, 1.165) is 0 Å². The summed E-state index contributed by atoms with van der Waals surface area (Å²) < 4.78 is 0. The molecule has 1 aliphatic rings. The molecule has 0 unspecified atom stereocenters. The van der Waals surface area contributed by atoms with Crippen LogP contribution in [0.25, 0.3) is 4.85 Å². The largest absolute Gasteiger partial charge is 0.391 e. The van der Waals surface area contributed by atoms with E-state index in [-0.39, 0.29) is 11.9 Å². The third kappa shape index (κ3) is 2.32. The van der Waals surface area contributed by atoms with E-state index in [0.29, 0.717) is 34.8 Å². The Balaban J connectivity index is 2.50. The summed E-state index contributed by atoms with van der Waals surface area (Å²) in [6.45, 7) is 10.5. The summed E-state index contributed by atoms with van der Waals surface area (Å²) >= 11 is 6.14. The lowest BCUT2D eigenvalue weighted by Crippen LogP contribution is -2.40. The Bertz CT molecular complexity index is 563. The van der Waals surface area contributed by atoms with Crippen molar-refractivity contribution in [3.8, 4) is 0 Å². The van der Waals surface area contributed by atoms with Gasteiger partial charge >= 0.3 is 0 Å². The first-order chi connectivity index (χ1) is 8.97. The fraction of sp³-hybridized carbons (Fsp3) is 0.429. The number of halogens is 1. The van der Waals surface area contributed by atoms with Crippen molar-refractivity contribution in [1.29, 1.82) is 0 Å². The van der Waals surface area contributed by atoms with E-state index in [1.165, 1.54) is 0 Å². The smallest absolute Gasteiger partial charge is 0.227 e. The Morgan fingerprint density at radius 3 is 2.84 bits per heavy atom. The number of anilines is 1. The highest BCUT2D eigenvalue weighted by molar-refractivity contribution is 6.34. The Morgan fingerprint density at radius 1 is 1.58 bits per heavy atom. The first-order valence-corrected chi connectivity index (χ1v) is 6.52. The van der Waals surface area contributed by atoms with Crippen LogP contribution in [0.2, 0.25) is 5.02 Å². The van der Waals surface area contributed by atoms with E-state index >= 15 is 0 Å². The number of rotatable bonds is 2. The second-order valence-electron chi connectivity index (χ2n) is 4.76. The summed E-state index contributed by atoms with van der Waals surface area (Å²) in [5.41, 5.74) is 1.77. The van der Waals surface area contributed by atoms with Crippen LogP contribution in [0.15, 0.2) is 12.1 Å². The van der Waals surface area contributed by atoms with Crippen molar-refractivity contribution >= 4 is 28.9 Å². The number of hydrogen-bond donors (Lipinski definition) is 1. The van der Waals surface area contributed by atoms with E-state index in [1.807, 2.05) is 0 Å². The summed E-state index contributed by atoms with van der Waals surface area (Å²) in [5.74, 6) is -0.0133. The normalized spacial score (nSPS) is 20.5. The van der Waals surface area contributed by atoms with Gasteiger partial charge in [-0.05, 0) is 31.9 Å². The predicted molar refractivity (Wildman–Crippen MR) is 74.6 cm³/mol. The molecule has 2 atom stereocenters. The molecular weight excluding hydrogens is 264 g/mol. The van der Waals surface area contributed by atoms with Gasteiger partial charge in [0.2, 0.25) is 11.6 Å². The maximum atomic E-state index is 12.0. The van der Waals surface area contributed by atoms with Gasteiger partial charge in [0.05, 0.1) is 23.7 Å². The minimum Gasteiger partial charge on any atom is -0.391 e. The van der Waals surface area contributed by atoms with Gasteiger partial charge in [0, 0.05) is 12.1 Å². The number of nitrogens with zero attached hydrogens (tertiary/aromatic N) is 2. The van der Waals surface area contributed by atoms with Crippen molar-refractivity contribution in [3.63, 3.8) is 0 Å². The Labute approximate surface area is 117 Å². The van der Waals surface area contributed by atoms with Gasteiger partial charge in [0.1, 0.15) is 0 Å². The average Bonchev–Trinajstić information content (AvgIpc) is 2.75. The molecule has 1 fully saturated rings. The van der Waals surface area contributed by atoms with Gasteiger partial charge in [-0.25, -0.2) is 4.85 Å². The van der Waals surface area contributed by atoms with Gasteiger partial charge in [0.25, 0.3) is 0 Å². The van der Waals surface area contributed by atoms with Crippen LogP contribution < -0.4 is 4.90 Å². The molecule has 1 amide bonds. The molecule has 0 aliphatic carbocycles. The van der Waals surface area contributed by atoms with Crippen LogP contribution in [-0.4, -0.2) is 23.2 Å². The van der Waals surface area contributed by atoms with Gasteiger partial charge in [-0.15, -0.1) is 0 Å². The molecule has 0 spiro atoms. The zero-order valence-corrected chi connectivity index (χ0v) is 11.6. The van der Waals surface area contributed by atoms with Gasteiger partial charge in [0.15, 0.2) is 0 Å². The maximum Gasteiger partial charge on any atom is 0.227 e. The highest BCUT2D eigenvalue weighted by atomic mass is 35.5. The molecule has 1 aliphatic heterocycles. The van der Waals surface area contributed by atoms with Crippen molar-refractivity contribution in [2.24, 2.45) is 0 Å². The van der Waals surface area contributed by atoms with Gasteiger partial charge in [-0.1, -0.05) is 17.7 Å². The van der Waals surface area contributed by atoms with E-state index in [2.05, 4.69) is 4.85 Å². The molecule has 5 heteroatoms. The maximum absolute atomic E-state index is 12.0. The van der Waals surface area contributed by atoms with Crippen LogP contribution >= 0.6 is 11.6 Å². The average molecular weight is 279 g/mol. The predicted octanol–water partition coefficient (Wildman–Crippen LogP) is 3.08. The third-order valence-corrected chi connectivity index (χ3v) is 4.01. The van der Waals surface area contributed by atoms with Crippen LogP contribution in [-0.2, 0) is 4.79 Å². The van der Waals surface area contributed by atoms with Crippen molar-refractivity contribution in [2.75, 3.05) is 4.90 Å². The summed E-state index contributed by atoms with van der Waals surface area (Å²) in [7, 11) is 0. The standard InChI is InChI=1S/C14H15ClN2O2/c1-8-11(5-4-10(16-3)14(8)15)17-12(9(2)18)6-7-13(17)19/h4-5,9,12,18H,6-7H2,1-2H3/t9-,12+/m0/s1. The van der Waals surface area contributed by atoms with E-state index < -0.39 is 6.10 Å². The summed E-state index contributed by atoms with van der Waals surface area (Å²) in [5, 5.41) is 10.2.